The van der Waals surface area contributed by atoms with Gasteiger partial charge >= 0.3 is 0 Å². The summed E-state index contributed by atoms with van der Waals surface area (Å²) in [7, 11) is 0. The van der Waals surface area contributed by atoms with Gasteiger partial charge in [-0.05, 0) is 64.3 Å². The fraction of sp³-hybridized carbons (Fsp3) is 0.188. The van der Waals surface area contributed by atoms with Gasteiger partial charge in [-0.3, -0.25) is 4.79 Å². The van der Waals surface area contributed by atoms with Crippen molar-refractivity contribution < 1.29 is 4.79 Å². The Morgan fingerprint density at radius 2 is 1.95 bits per heavy atom. The second kappa shape index (κ2) is 7.07. The Kier molecular flexibility index (Phi) is 5.39. The first-order valence-corrected chi connectivity index (χ1v) is 7.42. The van der Waals surface area contributed by atoms with E-state index in [4.69, 9.17) is 0 Å². The monoisotopic (exact) mass is 366 g/mol. The standard InChI is InChI=1S/C16H15BrN2O.ClH/c17-15-4-2-1-3-14(15)16(20)19-13-6-5-11-7-8-18-10-12(11)9-13;/h1-6,9,18H,7-8,10H2,(H,19,20);1H. The Balaban J connectivity index is 0.00000161. The molecule has 0 fully saturated rings. The SMILES string of the molecule is Cl.O=C(Nc1ccc2c(c1)CNCC2)c1ccccc1Br. The Morgan fingerprint density at radius 3 is 2.76 bits per heavy atom. The smallest absolute Gasteiger partial charge is 0.256 e. The van der Waals surface area contributed by atoms with Crippen LogP contribution in [-0.2, 0) is 13.0 Å². The number of halogens is 2. The molecule has 0 atom stereocenters. The molecule has 2 aromatic carbocycles. The van der Waals surface area contributed by atoms with Crippen molar-refractivity contribution in [2.24, 2.45) is 0 Å². The topological polar surface area (TPSA) is 41.1 Å². The molecule has 1 heterocycles. The fourth-order valence-electron chi connectivity index (χ4n) is 2.40. The van der Waals surface area contributed by atoms with Gasteiger partial charge < -0.3 is 10.6 Å². The first-order valence-electron chi connectivity index (χ1n) is 6.62. The Morgan fingerprint density at radius 1 is 1.14 bits per heavy atom. The lowest BCUT2D eigenvalue weighted by Crippen LogP contribution is -2.23. The van der Waals surface area contributed by atoms with E-state index in [1.54, 1.807) is 6.07 Å². The predicted molar refractivity (Wildman–Crippen MR) is 91.2 cm³/mol. The van der Waals surface area contributed by atoms with Crippen LogP contribution in [0.5, 0.6) is 0 Å². The number of fused-ring (bicyclic) bond motifs is 1. The van der Waals surface area contributed by atoms with Crippen LogP contribution in [0.1, 0.15) is 21.5 Å². The van der Waals surface area contributed by atoms with Gasteiger partial charge in [0.05, 0.1) is 5.56 Å². The van der Waals surface area contributed by atoms with E-state index in [-0.39, 0.29) is 18.3 Å². The molecule has 0 saturated heterocycles. The van der Waals surface area contributed by atoms with Crippen molar-refractivity contribution in [3.05, 3.63) is 63.6 Å². The van der Waals surface area contributed by atoms with Crippen molar-refractivity contribution in [2.75, 3.05) is 11.9 Å². The number of rotatable bonds is 2. The number of anilines is 1. The highest BCUT2D eigenvalue weighted by atomic mass is 79.9. The minimum Gasteiger partial charge on any atom is -0.322 e. The second-order valence-electron chi connectivity index (χ2n) is 4.84. The predicted octanol–water partition coefficient (Wildman–Crippen LogP) is 3.77. The number of nitrogens with one attached hydrogen (secondary N) is 2. The van der Waals surface area contributed by atoms with E-state index >= 15 is 0 Å². The first-order chi connectivity index (χ1) is 9.74. The minimum absolute atomic E-state index is 0. The average Bonchev–Trinajstić information content (AvgIpc) is 2.47. The molecule has 0 saturated carbocycles. The van der Waals surface area contributed by atoms with Gasteiger partial charge in [0.2, 0.25) is 0 Å². The molecule has 3 nitrogen and oxygen atoms in total. The van der Waals surface area contributed by atoms with Crippen molar-refractivity contribution in [1.82, 2.24) is 5.32 Å². The van der Waals surface area contributed by atoms with Crippen LogP contribution in [-0.4, -0.2) is 12.5 Å². The van der Waals surface area contributed by atoms with Gasteiger partial charge in [0.25, 0.3) is 5.91 Å². The zero-order chi connectivity index (χ0) is 13.9. The van der Waals surface area contributed by atoms with Crippen LogP contribution in [0.3, 0.4) is 0 Å². The van der Waals surface area contributed by atoms with Crippen LogP contribution in [0.4, 0.5) is 5.69 Å². The maximum absolute atomic E-state index is 12.2. The third kappa shape index (κ3) is 3.64. The molecule has 2 aromatic rings. The largest absolute Gasteiger partial charge is 0.322 e. The van der Waals surface area contributed by atoms with Crippen molar-refractivity contribution in [3.8, 4) is 0 Å². The molecule has 1 aliphatic heterocycles. The Bertz CT molecular complexity index is 660. The van der Waals surface area contributed by atoms with Crippen LogP contribution in [0.15, 0.2) is 46.9 Å². The van der Waals surface area contributed by atoms with Crippen molar-refractivity contribution in [1.29, 1.82) is 0 Å². The lowest BCUT2D eigenvalue weighted by Gasteiger charge is -2.18. The number of benzene rings is 2. The summed E-state index contributed by atoms with van der Waals surface area (Å²) in [6, 6.07) is 13.5. The molecule has 110 valence electrons. The summed E-state index contributed by atoms with van der Waals surface area (Å²) >= 11 is 3.40. The maximum atomic E-state index is 12.2. The quantitative estimate of drug-likeness (QED) is 0.848. The lowest BCUT2D eigenvalue weighted by atomic mass is 10.0. The first kappa shape index (κ1) is 16.0. The van der Waals surface area contributed by atoms with Crippen molar-refractivity contribution >= 4 is 39.9 Å². The zero-order valence-electron chi connectivity index (χ0n) is 11.4. The normalized spacial score (nSPS) is 13.0. The Hall–Kier alpha value is -1.36. The average molecular weight is 368 g/mol. The second-order valence-corrected chi connectivity index (χ2v) is 5.70. The van der Waals surface area contributed by atoms with Crippen LogP contribution < -0.4 is 10.6 Å². The third-order valence-electron chi connectivity index (χ3n) is 3.47. The van der Waals surface area contributed by atoms with Crippen LogP contribution in [0, 0.1) is 0 Å². The highest BCUT2D eigenvalue weighted by molar-refractivity contribution is 9.10. The van der Waals surface area contributed by atoms with E-state index in [0.717, 1.165) is 29.7 Å². The molecule has 0 spiro atoms. The summed E-state index contributed by atoms with van der Waals surface area (Å²) < 4.78 is 0.803. The van der Waals surface area contributed by atoms with E-state index in [1.165, 1.54) is 11.1 Å². The van der Waals surface area contributed by atoms with Crippen molar-refractivity contribution in [2.45, 2.75) is 13.0 Å². The molecular formula is C16H16BrClN2O. The van der Waals surface area contributed by atoms with Crippen molar-refractivity contribution in [3.63, 3.8) is 0 Å². The van der Waals surface area contributed by atoms with E-state index in [2.05, 4.69) is 38.7 Å². The summed E-state index contributed by atoms with van der Waals surface area (Å²) in [4.78, 5) is 12.2. The van der Waals surface area contributed by atoms with Gasteiger partial charge in [0, 0.05) is 16.7 Å². The zero-order valence-corrected chi connectivity index (χ0v) is 13.8. The molecule has 1 aliphatic rings. The number of carbonyl (C=O) groups excluding carboxylic acids is 1. The molecule has 0 aliphatic carbocycles. The summed E-state index contributed by atoms with van der Waals surface area (Å²) in [5, 5.41) is 6.29. The summed E-state index contributed by atoms with van der Waals surface area (Å²) in [6.07, 6.45) is 1.05. The summed E-state index contributed by atoms with van der Waals surface area (Å²) in [5.74, 6) is -0.0961. The summed E-state index contributed by atoms with van der Waals surface area (Å²) in [6.45, 7) is 1.89. The van der Waals surface area contributed by atoms with Gasteiger partial charge in [0.1, 0.15) is 0 Å². The number of amides is 1. The van der Waals surface area contributed by atoms with Gasteiger partial charge in [-0.2, -0.15) is 0 Å². The highest BCUT2D eigenvalue weighted by Crippen LogP contribution is 2.21. The molecule has 21 heavy (non-hydrogen) atoms. The number of hydrogen-bond acceptors (Lipinski definition) is 2. The van der Waals surface area contributed by atoms with Gasteiger partial charge in [-0.15, -0.1) is 12.4 Å². The molecule has 2 N–H and O–H groups in total. The lowest BCUT2D eigenvalue weighted by molar-refractivity contribution is 0.102. The van der Waals surface area contributed by atoms with E-state index in [0.29, 0.717) is 5.56 Å². The Labute approximate surface area is 138 Å². The molecule has 5 heteroatoms. The molecule has 0 bridgehead atoms. The summed E-state index contributed by atoms with van der Waals surface area (Å²) in [5.41, 5.74) is 4.11. The van der Waals surface area contributed by atoms with E-state index < -0.39 is 0 Å². The third-order valence-corrected chi connectivity index (χ3v) is 4.16. The molecular weight excluding hydrogens is 352 g/mol. The van der Waals surface area contributed by atoms with Crippen LogP contribution >= 0.6 is 28.3 Å². The van der Waals surface area contributed by atoms with Gasteiger partial charge in [-0.1, -0.05) is 18.2 Å². The van der Waals surface area contributed by atoms with Crippen LogP contribution in [0.25, 0.3) is 0 Å². The molecule has 0 radical (unpaired) electrons. The minimum atomic E-state index is -0.0961. The maximum Gasteiger partial charge on any atom is 0.256 e. The number of carbonyl (C=O) groups is 1. The molecule has 1 amide bonds. The fourth-order valence-corrected chi connectivity index (χ4v) is 2.87. The number of hydrogen-bond donors (Lipinski definition) is 2. The van der Waals surface area contributed by atoms with Crippen LogP contribution in [0.2, 0.25) is 0 Å². The van der Waals surface area contributed by atoms with Gasteiger partial charge in [-0.25, -0.2) is 0 Å². The van der Waals surface area contributed by atoms with E-state index in [1.807, 2.05) is 24.3 Å². The molecule has 0 aromatic heterocycles. The highest BCUT2D eigenvalue weighted by Gasteiger charge is 2.12. The van der Waals surface area contributed by atoms with Gasteiger partial charge in [0.15, 0.2) is 0 Å². The molecule has 0 unspecified atom stereocenters. The molecule has 3 rings (SSSR count). The van der Waals surface area contributed by atoms with E-state index in [9.17, 15) is 4.79 Å².